The van der Waals surface area contributed by atoms with Crippen molar-refractivity contribution in [1.82, 2.24) is 5.32 Å². The molecule has 132 valence electrons. The monoisotopic (exact) mass is 375 g/mol. The van der Waals surface area contributed by atoms with E-state index in [9.17, 15) is 14.4 Å². The van der Waals surface area contributed by atoms with Crippen LogP contribution in [0, 0.1) is 5.92 Å². The average molecular weight is 376 g/mol. The van der Waals surface area contributed by atoms with E-state index in [0.717, 1.165) is 0 Å². The maximum atomic E-state index is 11.9. The lowest BCUT2D eigenvalue weighted by molar-refractivity contribution is -0.145. The summed E-state index contributed by atoms with van der Waals surface area (Å²) in [6.07, 6.45) is 0.416. The van der Waals surface area contributed by atoms with Crippen molar-refractivity contribution in [2.45, 2.75) is 26.3 Å². The fraction of sp³-hybridized carbons (Fsp3) is 0.438. The molecule has 0 aliphatic rings. The van der Waals surface area contributed by atoms with Crippen molar-refractivity contribution in [2.75, 3.05) is 13.7 Å². The van der Waals surface area contributed by atoms with E-state index in [0.29, 0.717) is 11.4 Å². The van der Waals surface area contributed by atoms with Crippen molar-refractivity contribution in [3.8, 4) is 0 Å². The zero-order valence-electron chi connectivity index (χ0n) is 13.6. The molecular weight excluding hydrogens is 357 g/mol. The summed E-state index contributed by atoms with van der Waals surface area (Å²) in [7, 11) is 1.24. The molecule has 0 aliphatic heterocycles. The summed E-state index contributed by atoms with van der Waals surface area (Å²) in [5, 5.41) is 3.00. The Labute approximate surface area is 150 Å². The highest BCUT2D eigenvalue weighted by molar-refractivity contribution is 6.42. The highest BCUT2D eigenvalue weighted by Gasteiger charge is 2.23. The normalized spacial score (nSPS) is 11.8. The van der Waals surface area contributed by atoms with Gasteiger partial charge in [-0.15, -0.1) is 0 Å². The number of methoxy groups -OCH3 is 1. The molecule has 0 bridgehead atoms. The number of esters is 2. The number of ether oxygens (including phenoxy) is 2. The van der Waals surface area contributed by atoms with Gasteiger partial charge in [-0.25, -0.2) is 9.59 Å². The molecule has 0 spiro atoms. The molecule has 0 radical (unpaired) electrons. The predicted molar refractivity (Wildman–Crippen MR) is 90.1 cm³/mol. The van der Waals surface area contributed by atoms with Gasteiger partial charge in [0.15, 0.2) is 6.61 Å². The standard InChI is InChI=1S/C16H19Cl2NO5/c1-9(2)6-13(16(22)23-3)19-14(20)8-24-15(21)10-4-5-11(17)12(18)7-10/h4-5,7,9,13H,6,8H2,1-3H3,(H,19,20)/t13-/m1/s1. The Morgan fingerprint density at radius 2 is 1.83 bits per heavy atom. The van der Waals surface area contributed by atoms with E-state index in [1.165, 1.54) is 25.3 Å². The van der Waals surface area contributed by atoms with Crippen LogP contribution in [0.15, 0.2) is 18.2 Å². The third-order valence-corrected chi connectivity index (χ3v) is 3.76. The Bertz CT molecular complexity index is 618. The van der Waals surface area contributed by atoms with Crippen LogP contribution in [0.4, 0.5) is 0 Å². The molecule has 1 aromatic carbocycles. The molecular formula is C16H19Cl2NO5. The van der Waals surface area contributed by atoms with E-state index in [1.54, 1.807) is 0 Å². The minimum atomic E-state index is -0.786. The van der Waals surface area contributed by atoms with E-state index in [1.807, 2.05) is 13.8 Å². The highest BCUT2D eigenvalue weighted by Crippen LogP contribution is 2.22. The molecule has 0 heterocycles. The van der Waals surface area contributed by atoms with Gasteiger partial charge in [0.2, 0.25) is 0 Å². The van der Waals surface area contributed by atoms with E-state index in [4.69, 9.17) is 27.9 Å². The lowest BCUT2D eigenvalue weighted by atomic mass is 10.0. The molecule has 1 amide bonds. The van der Waals surface area contributed by atoms with Crippen molar-refractivity contribution in [3.63, 3.8) is 0 Å². The van der Waals surface area contributed by atoms with Crippen molar-refractivity contribution in [1.29, 1.82) is 0 Å². The second-order valence-electron chi connectivity index (χ2n) is 5.48. The predicted octanol–water partition coefficient (Wildman–Crippen LogP) is 2.85. The summed E-state index contributed by atoms with van der Waals surface area (Å²) in [6.45, 7) is 3.30. The van der Waals surface area contributed by atoms with Crippen LogP contribution in [0.5, 0.6) is 0 Å². The van der Waals surface area contributed by atoms with Gasteiger partial charge in [-0.05, 0) is 30.5 Å². The third-order valence-electron chi connectivity index (χ3n) is 3.02. The number of hydrogen-bond donors (Lipinski definition) is 1. The third kappa shape index (κ3) is 6.37. The first kappa shape index (κ1) is 20.3. The first-order chi connectivity index (χ1) is 11.2. The number of halogens is 2. The van der Waals surface area contributed by atoms with Gasteiger partial charge in [0.25, 0.3) is 5.91 Å². The maximum absolute atomic E-state index is 11.9. The first-order valence-corrected chi connectivity index (χ1v) is 7.99. The Kier molecular flexibility index (Phi) is 8.01. The summed E-state index contributed by atoms with van der Waals surface area (Å²) in [5.41, 5.74) is 0.170. The number of rotatable bonds is 7. The Hall–Kier alpha value is -1.79. The second-order valence-corrected chi connectivity index (χ2v) is 6.29. The van der Waals surface area contributed by atoms with Gasteiger partial charge < -0.3 is 14.8 Å². The van der Waals surface area contributed by atoms with Crippen LogP contribution in [-0.4, -0.2) is 37.6 Å². The highest BCUT2D eigenvalue weighted by atomic mass is 35.5. The van der Waals surface area contributed by atoms with Crippen molar-refractivity contribution < 1.29 is 23.9 Å². The molecule has 0 aromatic heterocycles. The van der Waals surface area contributed by atoms with Crippen LogP contribution in [0.1, 0.15) is 30.6 Å². The summed E-state index contributed by atoms with van der Waals surface area (Å²) in [6, 6.07) is 3.45. The number of carbonyl (C=O) groups excluding carboxylic acids is 3. The van der Waals surface area contributed by atoms with Crippen LogP contribution in [0.3, 0.4) is 0 Å². The van der Waals surface area contributed by atoms with E-state index >= 15 is 0 Å². The van der Waals surface area contributed by atoms with E-state index in [-0.39, 0.29) is 16.5 Å². The molecule has 1 aromatic rings. The fourth-order valence-electron chi connectivity index (χ4n) is 1.90. The van der Waals surface area contributed by atoms with Crippen LogP contribution in [0.25, 0.3) is 0 Å². The quantitative estimate of drug-likeness (QED) is 0.740. The van der Waals surface area contributed by atoms with Crippen LogP contribution in [0.2, 0.25) is 10.0 Å². The van der Waals surface area contributed by atoms with Crippen molar-refractivity contribution >= 4 is 41.0 Å². The number of benzene rings is 1. The molecule has 0 fully saturated rings. The van der Waals surface area contributed by atoms with Crippen molar-refractivity contribution in [2.24, 2.45) is 5.92 Å². The summed E-state index contributed by atoms with van der Waals surface area (Å²) >= 11 is 11.6. The molecule has 24 heavy (non-hydrogen) atoms. The zero-order chi connectivity index (χ0) is 18.3. The molecule has 0 aliphatic carbocycles. The van der Waals surface area contributed by atoms with Crippen LogP contribution >= 0.6 is 23.2 Å². The molecule has 8 heteroatoms. The van der Waals surface area contributed by atoms with Crippen molar-refractivity contribution in [3.05, 3.63) is 33.8 Å². The van der Waals surface area contributed by atoms with Gasteiger partial charge in [0.05, 0.1) is 22.7 Å². The summed E-state index contributed by atoms with van der Waals surface area (Å²) in [5.74, 6) is -1.69. The van der Waals surface area contributed by atoms with Crippen LogP contribution in [-0.2, 0) is 19.1 Å². The van der Waals surface area contributed by atoms with Gasteiger partial charge >= 0.3 is 11.9 Å². The Balaban J connectivity index is 2.58. The fourth-order valence-corrected chi connectivity index (χ4v) is 2.20. The van der Waals surface area contributed by atoms with Crippen LogP contribution < -0.4 is 5.32 Å². The van der Waals surface area contributed by atoms with Gasteiger partial charge in [-0.1, -0.05) is 37.0 Å². The van der Waals surface area contributed by atoms with Gasteiger partial charge in [0, 0.05) is 0 Å². The molecule has 0 saturated heterocycles. The topological polar surface area (TPSA) is 81.7 Å². The average Bonchev–Trinajstić information content (AvgIpc) is 2.53. The summed E-state index contributed by atoms with van der Waals surface area (Å²) in [4.78, 5) is 35.4. The van der Waals surface area contributed by atoms with Gasteiger partial charge in [-0.3, -0.25) is 4.79 Å². The Morgan fingerprint density at radius 1 is 1.17 bits per heavy atom. The molecule has 0 unspecified atom stereocenters. The molecule has 0 saturated carbocycles. The zero-order valence-corrected chi connectivity index (χ0v) is 15.1. The summed E-state index contributed by atoms with van der Waals surface area (Å²) < 4.78 is 9.54. The number of hydrogen-bond acceptors (Lipinski definition) is 5. The molecule has 1 N–H and O–H groups in total. The van der Waals surface area contributed by atoms with E-state index in [2.05, 4.69) is 10.1 Å². The maximum Gasteiger partial charge on any atom is 0.338 e. The molecule has 1 rings (SSSR count). The largest absolute Gasteiger partial charge is 0.467 e. The molecule has 1 atom stereocenters. The lowest BCUT2D eigenvalue weighted by Crippen LogP contribution is -2.44. The SMILES string of the molecule is COC(=O)[C@@H](CC(C)C)NC(=O)COC(=O)c1ccc(Cl)c(Cl)c1. The van der Waals surface area contributed by atoms with Gasteiger partial charge in [-0.2, -0.15) is 0 Å². The minimum Gasteiger partial charge on any atom is -0.467 e. The minimum absolute atomic E-state index is 0.170. The Morgan fingerprint density at radius 3 is 2.38 bits per heavy atom. The number of amides is 1. The smallest absolute Gasteiger partial charge is 0.338 e. The van der Waals surface area contributed by atoms with E-state index < -0.39 is 30.5 Å². The number of nitrogens with one attached hydrogen (secondary N) is 1. The molecule has 6 nitrogen and oxygen atoms in total. The van der Waals surface area contributed by atoms with Gasteiger partial charge in [0.1, 0.15) is 6.04 Å². The first-order valence-electron chi connectivity index (χ1n) is 7.24. The second kappa shape index (κ2) is 9.49. The lowest BCUT2D eigenvalue weighted by Gasteiger charge is -2.18. The number of carbonyl (C=O) groups is 3.